The summed E-state index contributed by atoms with van der Waals surface area (Å²) in [5.41, 5.74) is 1.26. The quantitative estimate of drug-likeness (QED) is 0.379. The highest BCUT2D eigenvalue weighted by atomic mass is 17.2. The van der Waals surface area contributed by atoms with Crippen LogP contribution in [0.4, 0.5) is 0 Å². The first-order chi connectivity index (χ1) is 13.3. The van der Waals surface area contributed by atoms with Gasteiger partial charge in [0, 0.05) is 0 Å². The van der Waals surface area contributed by atoms with Gasteiger partial charge >= 0.3 is 0 Å². The molecule has 0 saturated heterocycles. The first-order valence-electron chi connectivity index (χ1n) is 10.1. The van der Waals surface area contributed by atoms with Crippen molar-refractivity contribution in [2.45, 2.75) is 85.2 Å². The minimum atomic E-state index is -0.422. The summed E-state index contributed by atoms with van der Waals surface area (Å²) >= 11 is 0. The molecule has 29 heavy (non-hydrogen) atoms. The molecular formula is C25H38O4. The summed E-state index contributed by atoms with van der Waals surface area (Å²) in [6.45, 7) is 17.7. The fourth-order valence-electron chi connectivity index (χ4n) is 2.11. The Labute approximate surface area is 177 Å². The van der Waals surface area contributed by atoms with Crippen molar-refractivity contribution in [2.24, 2.45) is 0 Å². The standard InChI is InChI=1S/C13H20O2.C12H18O2/c1-12(2,3)14-15-13(4,5)11-9-7-6-8-10-11;1-10(13-14-12(2,3)4)11-8-6-5-7-9-11/h6-10H,1-5H3;5-10H,1-4H3. The second-order valence-electron chi connectivity index (χ2n) is 9.50. The summed E-state index contributed by atoms with van der Waals surface area (Å²) in [4.78, 5) is 21.4. The van der Waals surface area contributed by atoms with Crippen LogP contribution in [-0.4, -0.2) is 11.2 Å². The summed E-state index contributed by atoms with van der Waals surface area (Å²) in [6, 6.07) is 20.1. The molecule has 0 aliphatic heterocycles. The van der Waals surface area contributed by atoms with Gasteiger partial charge in [-0.1, -0.05) is 60.7 Å². The van der Waals surface area contributed by atoms with E-state index in [1.54, 1.807) is 0 Å². The maximum Gasteiger partial charge on any atom is 0.123 e. The van der Waals surface area contributed by atoms with Crippen molar-refractivity contribution in [3.05, 3.63) is 71.8 Å². The van der Waals surface area contributed by atoms with Crippen molar-refractivity contribution in [3.63, 3.8) is 0 Å². The van der Waals surface area contributed by atoms with Gasteiger partial charge in [-0.25, -0.2) is 19.6 Å². The largest absolute Gasteiger partial charge is 0.230 e. The number of hydrogen-bond donors (Lipinski definition) is 0. The molecule has 0 saturated carbocycles. The third kappa shape index (κ3) is 11.1. The van der Waals surface area contributed by atoms with Crippen molar-refractivity contribution in [1.82, 2.24) is 0 Å². The van der Waals surface area contributed by atoms with Gasteiger partial charge in [0.05, 0.1) is 11.2 Å². The monoisotopic (exact) mass is 402 g/mol. The second-order valence-corrected chi connectivity index (χ2v) is 9.50. The molecule has 4 heteroatoms. The van der Waals surface area contributed by atoms with E-state index in [2.05, 4.69) is 0 Å². The molecule has 0 fully saturated rings. The van der Waals surface area contributed by atoms with E-state index in [0.717, 1.165) is 11.1 Å². The average molecular weight is 403 g/mol. The average Bonchev–Trinajstić information content (AvgIpc) is 2.65. The molecule has 1 atom stereocenters. The predicted molar refractivity (Wildman–Crippen MR) is 118 cm³/mol. The zero-order valence-electron chi connectivity index (χ0n) is 19.5. The summed E-state index contributed by atoms with van der Waals surface area (Å²) in [7, 11) is 0. The molecule has 1 unspecified atom stereocenters. The van der Waals surface area contributed by atoms with E-state index in [0.29, 0.717) is 0 Å². The van der Waals surface area contributed by atoms with Crippen molar-refractivity contribution in [2.75, 3.05) is 0 Å². The second kappa shape index (κ2) is 10.9. The first kappa shape index (κ1) is 25.3. The highest BCUT2D eigenvalue weighted by Gasteiger charge is 2.25. The summed E-state index contributed by atoms with van der Waals surface area (Å²) in [5, 5.41) is 0. The Morgan fingerprint density at radius 3 is 1.48 bits per heavy atom. The SMILES string of the molecule is CC(C)(C)OOC(C)(C)c1ccccc1.CC(OOC(C)(C)C)c1ccccc1. The molecule has 0 aliphatic rings. The van der Waals surface area contributed by atoms with E-state index in [4.69, 9.17) is 19.6 Å². The van der Waals surface area contributed by atoms with Crippen LogP contribution in [0.1, 0.15) is 79.5 Å². The Morgan fingerprint density at radius 1 is 0.586 bits per heavy atom. The molecule has 0 amide bonds. The Morgan fingerprint density at radius 2 is 1.03 bits per heavy atom. The first-order valence-corrected chi connectivity index (χ1v) is 10.1. The topological polar surface area (TPSA) is 36.9 Å². The molecule has 2 rings (SSSR count). The lowest BCUT2D eigenvalue weighted by Gasteiger charge is -2.28. The van der Waals surface area contributed by atoms with Crippen molar-refractivity contribution in [1.29, 1.82) is 0 Å². The third-order valence-corrected chi connectivity index (χ3v) is 3.68. The molecule has 162 valence electrons. The van der Waals surface area contributed by atoms with Gasteiger partial charge in [-0.05, 0) is 73.4 Å². The molecule has 0 N–H and O–H groups in total. The smallest absolute Gasteiger partial charge is 0.123 e. The van der Waals surface area contributed by atoms with Crippen LogP contribution in [0.15, 0.2) is 60.7 Å². The highest BCUT2D eigenvalue weighted by Crippen LogP contribution is 2.26. The Hall–Kier alpha value is -1.72. The van der Waals surface area contributed by atoms with Crippen LogP contribution in [0.25, 0.3) is 0 Å². The maximum absolute atomic E-state index is 5.48. The third-order valence-electron chi connectivity index (χ3n) is 3.68. The van der Waals surface area contributed by atoms with E-state index in [1.807, 2.05) is 123 Å². The molecule has 4 nitrogen and oxygen atoms in total. The van der Waals surface area contributed by atoms with Crippen LogP contribution in [0.2, 0.25) is 0 Å². The molecule has 0 aliphatic carbocycles. The van der Waals surface area contributed by atoms with Gasteiger partial charge in [0.15, 0.2) is 0 Å². The van der Waals surface area contributed by atoms with E-state index < -0.39 is 5.60 Å². The minimum Gasteiger partial charge on any atom is -0.230 e. The molecule has 0 aromatic heterocycles. The molecule has 0 radical (unpaired) electrons. The van der Waals surface area contributed by atoms with Gasteiger partial charge in [-0.3, -0.25) is 0 Å². The number of hydrogen-bond acceptors (Lipinski definition) is 4. The molecular weight excluding hydrogens is 364 g/mol. The van der Waals surface area contributed by atoms with Crippen LogP contribution >= 0.6 is 0 Å². The van der Waals surface area contributed by atoms with E-state index in [1.165, 1.54) is 0 Å². The van der Waals surface area contributed by atoms with E-state index in [9.17, 15) is 0 Å². The van der Waals surface area contributed by atoms with Crippen LogP contribution in [0.3, 0.4) is 0 Å². The fourth-order valence-corrected chi connectivity index (χ4v) is 2.11. The Balaban J connectivity index is 0.000000291. The van der Waals surface area contributed by atoms with Crippen LogP contribution in [0.5, 0.6) is 0 Å². The zero-order valence-corrected chi connectivity index (χ0v) is 19.5. The van der Waals surface area contributed by atoms with Gasteiger partial charge < -0.3 is 0 Å². The lowest BCUT2D eigenvalue weighted by atomic mass is 9.99. The Kier molecular flexibility index (Phi) is 9.50. The minimum absolute atomic E-state index is 0.0320. The molecule has 0 spiro atoms. The van der Waals surface area contributed by atoms with Crippen molar-refractivity contribution >= 4 is 0 Å². The normalized spacial score (nSPS) is 13.4. The molecule has 0 heterocycles. The van der Waals surface area contributed by atoms with E-state index in [-0.39, 0.29) is 17.3 Å². The van der Waals surface area contributed by atoms with Gasteiger partial charge in [0.25, 0.3) is 0 Å². The molecule has 0 bridgehead atoms. The van der Waals surface area contributed by atoms with Crippen LogP contribution < -0.4 is 0 Å². The summed E-state index contributed by atoms with van der Waals surface area (Å²) < 4.78 is 0. The van der Waals surface area contributed by atoms with Gasteiger partial charge in [0.1, 0.15) is 11.7 Å². The Bertz CT molecular complexity index is 682. The van der Waals surface area contributed by atoms with Gasteiger partial charge in [-0.2, -0.15) is 0 Å². The maximum atomic E-state index is 5.48. The van der Waals surface area contributed by atoms with Gasteiger partial charge in [0.2, 0.25) is 0 Å². The molecule has 2 aromatic carbocycles. The van der Waals surface area contributed by atoms with Gasteiger partial charge in [-0.15, -0.1) is 0 Å². The lowest BCUT2D eigenvalue weighted by Crippen LogP contribution is -2.28. The van der Waals surface area contributed by atoms with Crippen molar-refractivity contribution in [3.8, 4) is 0 Å². The highest BCUT2D eigenvalue weighted by molar-refractivity contribution is 5.20. The summed E-state index contributed by atoms with van der Waals surface area (Å²) in [5.74, 6) is 0. The number of rotatable bonds is 6. The molecule has 2 aromatic rings. The van der Waals surface area contributed by atoms with Crippen LogP contribution in [-0.2, 0) is 25.2 Å². The zero-order chi connectivity index (χ0) is 22.1. The predicted octanol–water partition coefficient (Wildman–Crippen LogP) is 7.16. The van der Waals surface area contributed by atoms with E-state index >= 15 is 0 Å². The number of benzene rings is 2. The van der Waals surface area contributed by atoms with Crippen molar-refractivity contribution < 1.29 is 19.6 Å². The van der Waals surface area contributed by atoms with Crippen LogP contribution in [0, 0.1) is 0 Å². The lowest BCUT2D eigenvalue weighted by molar-refractivity contribution is -0.401. The summed E-state index contributed by atoms with van der Waals surface area (Å²) in [6.07, 6.45) is -0.0320. The fraction of sp³-hybridized carbons (Fsp3) is 0.520.